The molecule has 3 aromatic rings. The molecule has 3 aromatic carbocycles. The fourth-order valence-electron chi connectivity index (χ4n) is 4.49. The van der Waals surface area contributed by atoms with Gasteiger partial charge in [-0.3, -0.25) is 14.5 Å². The summed E-state index contributed by atoms with van der Waals surface area (Å²) in [5, 5.41) is 3.73. The van der Waals surface area contributed by atoms with Gasteiger partial charge in [0.05, 0.1) is 19.6 Å². The maximum Gasteiger partial charge on any atom is 0.243 e. The number of carbonyl (C=O) groups is 2. The number of hydrogen-bond donors (Lipinski definition) is 1. The molecule has 1 N–H and O–H groups in total. The van der Waals surface area contributed by atoms with Crippen LogP contribution in [0.25, 0.3) is 0 Å². The van der Waals surface area contributed by atoms with Crippen molar-refractivity contribution in [2.45, 2.75) is 25.4 Å². The van der Waals surface area contributed by atoms with Gasteiger partial charge >= 0.3 is 0 Å². The average Bonchev–Trinajstić information content (AvgIpc) is 2.93. The first-order valence-electron chi connectivity index (χ1n) is 12.8. The van der Waals surface area contributed by atoms with Crippen molar-refractivity contribution < 1.29 is 14.3 Å². The number of hydrogen-bond acceptors (Lipinski definition) is 4. The Labute approximate surface area is 224 Å². The van der Waals surface area contributed by atoms with Crippen molar-refractivity contribution in [2.75, 3.05) is 39.4 Å². The number of nitrogens with zero attached hydrogens (tertiary/aromatic N) is 2. The first kappa shape index (κ1) is 26.9. The van der Waals surface area contributed by atoms with Gasteiger partial charge in [0.25, 0.3) is 0 Å². The Morgan fingerprint density at radius 3 is 2.14 bits per heavy atom. The Hall–Kier alpha value is -3.19. The molecule has 1 unspecified atom stereocenters. The monoisotopic (exact) mass is 519 g/mol. The number of carbonyl (C=O) groups excluding carboxylic acids is 2. The molecule has 0 bridgehead atoms. The molecule has 1 atom stereocenters. The smallest absolute Gasteiger partial charge is 0.243 e. The van der Waals surface area contributed by atoms with Gasteiger partial charge in [0.1, 0.15) is 6.04 Å². The third kappa shape index (κ3) is 8.42. The molecule has 7 heteroatoms. The van der Waals surface area contributed by atoms with E-state index < -0.39 is 6.04 Å². The summed E-state index contributed by atoms with van der Waals surface area (Å²) in [6, 6.07) is 26.3. The van der Waals surface area contributed by atoms with Crippen LogP contribution in [0.1, 0.15) is 16.7 Å². The van der Waals surface area contributed by atoms with Gasteiger partial charge in [-0.15, -0.1) is 0 Å². The number of amides is 2. The Morgan fingerprint density at radius 1 is 0.865 bits per heavy atom. The highest BCUT2D eigenvalue weighted by Crippen LogP contribution is 2.17. The zero-order valence-electron chi connectivity index (χ0n) is 21.0. The highest BCUT2D eigenvalue weighted by Gasteiger charge is 2.30. The molecule has 1 saturated heterocycles. The van der Waals surface area contributed by atoms with Crippen LogP contribution in [0, 0.1) is 0 Å². The van der Waals surface area contributed by atoms with Gasteiger partial charge in [-0.1, -0.05) is 84.4 Å². The number of morpholine rings is 1. The van der Waals surface area contributed by atoms with Gasteiger partial charge in [-0.2, -0.15) is 0 Å². The Kier molecular flexibility index (Phi) is 10.1. The summed E-state index contributed by atoms with van der Waals surface area (Å²) < 4.78 is 5.42. The minimum absolute atomic E-state index is 0.101. The maximum atomic E-state index is 13.7. The van der Waals surface area contributed by atoms with E-state index in [-0.39, 0.29) is 18.2 Å². The fraction of sp³-hybridized carbons (Fsp3) is 0.333. The summed E-state index contributed by atoms with van der Waals surface area (Å²) in [4.78, 5) is 31.4. The van der Waals surface area contributed by atoms with E-state index in [9.17, 15) is 9.59 Å². The van der Waals surface area contributed by atoms with Crippen LogP contribution in [0.4, 0.5) is 0 Å². The minimum atomic E-state index is -0.646. The molecule has 0 aromatic heterocycles. The third-order valence-corrected chi connectivity index (χ3v) is 6.82. The molecule has 6 nitrogen and oxygen atoms in total. The van der Waals surface area contributed by atoms with Crippen LogP contribution in [0.3, 0.4) is 0 Å². The van der Waals surface area contributed by atoms with E-state index in [1.807, 2.05) is 72.8 Å². The predicted molar refractivity (Wildman–Crippen MR) is 146 cm³/mol. The van der Waals surface area contributed by atoms with Crippen molar-refractivity contribution >= 4 is 23.4 Å². The summed E-state index contributed by atoms with van der Waals surface area (Å²) in [6.07, 6.45) is 0.625. The van der Waals surface area contributed by atoms with Gasteiger partial charge in [-0.25, -0.2) is 0 Å². The van der Waals surface area contributed by atoms with E-state index in [4.69, 9.17) is 16.3 Å². The van der Waals surface area contributed by atoms with E-state index in [0.29, 0.717) is 37.7 Å². The predicted octanol–water partition coefficient (Wildman–Crippen LogP) is 3.97. The lowest BCUT2D eigenvalue weighted by Crippen LogP contribution is -2.52. The van der Waals surface area contributed by atoms with Crippen LogP contribution >= 0.6 is 11.6 Å². The molecular weight excluding hydrogens is 486 g/mol. The number of rotatable bonds is 11. The summed E-state index contributed by atoms with van der Waals surface area (Å²) >= 11 is 6.05. The molecule has 37 heavy (non-hydrogen) atoms. The molecule has 4 rings (SSSR count). The lowest BCUT2D eigenvalue weighted by atomic mass is 10.0. The number of benzene rings is 3. The van der Waals surface area contributed by atoms with E-state index in [0.717, 1.165) is 36.3 Å². The van der Waals surface area contributed by atoms with Crippen molar-refractivity contribution in [3.05, 3.63) is 107 Å². The van der Waals surface area contributed by atoms with Gasteiger partial charge in [0.2, 0.25) is 11.8 Å². The number of nitrogens with one attached hydrogen (secondary N) is 1. The second kappa shape index (κ2) is 13.9. The lowest BCUT2D eigenvalue weighted by Gasteiger charge is -2.32. The van der Waals surface area contributed by atoms with Crippen LogP contribution in [0.5, 0.6) is 0 Å². The van der Waals surface area contributed by atoms with Crippen molar-refractivity contribution in [3.8, 4) is 0 Å². The molecule has 0 spiro atoms. The standard InChI is InChI=1S/C30H34ClN3O3/c31-27-13-11-25(12-14-27)22-29(35)34(23-26-9-5-2-6-10-26)28(21-24-7-3-1-4-8-24)30(36)32-15-16-33-17-19-37-20-18-33/h1-14,28H,15-23H2,(H,32,36). The molecule has 194 valence electrons. The zero-order valence-corrected chi connectivity index (χ0v) is 21.8. The minimum Gasteiger partial charge on any atom is -0.379 e. The Bertz CT molecular complexity index is 1120. The molecule has 0 radical (unpaired) electrons. The lowest BCUT2D eigenvalue weighted by molar-refractivity contribution is -0.140. The van der Waals surface area contributed by atoms with Gasteiger partial charge in [0.15, 0.2) is 0 Å². The largest absolute Gasteiger partial charge is 0.379 e. The van der Waals surface area contributed by atoms with Gasteiger partial charge in [0, 0.05) is 44.2 Å². The van der Waals surface area contributed by atoms with Crippen molar-refractivity contribution in [1.82, 2.24) is 15.1 Å². The molecular formula is C30H34ClN3O3. The Morgan fingerprint density at radius 2 is 1.49 bits per heavy atom. The second-order valence-corrected chi connectivity index (χ2v) is 9.70. The first-order valence-corrected chi connectivity index (χ1v) is 13.2. The topological polar surface area (TPSA) is 61.9 Å². The third-order valence-electron chi connectivity index (χ3n) is 6.57. The molecule has 1 aliphatic rings. The highest BCUT2D eigenvalue weighted by molar-refractivity contribution is 6.30. The molecule has 1 aliphatic heterocycles. The van der Waals surface area contributed by atoms with E-state index >= 15 is 0 Å². The number of ether oxygens (including phenoxy) is 1. The average molecular weight is 520 g/mol. The fourth-order valence-corrected chi connectivity index (χ4v) is 4.62. The molecule has 1 heterocycles. The first-order chi connectivity index (χ1) is 18.1. The van der Waals surface area contributed by atoms with E-state index in [1.54, 1.807) is 17.0 Å². The Balaban J connectivity index is 1.55. The molecule has 0 aliphatic carbocycles. The summed E-state index contributed by atoms with van der Waals surface area (Å²) in [5.41, 5.74) is 2.85. The van der Waals surface area contributed by atoms with Crippen LogP contribution in [0.15, 0.2) is 84.9 Å². The summed E-state index contributed by atoms with van der Waals surface area (Å²) in [6.45, 7) is 4.79. The zero-order chi connectivity index (χ0) is 25.9. The van der Waals surface area contributed by atoms with Crippen molar-refractivity contribution in [2.24, 2.45) is 0 Å². The summed E-state index contributed by atoms with van der Waals surface area (Å²) in [5.74, 6) is -0.243. The van der Waals surface area contributed by atoms with Crippen LogP contribution < -0.4 is 5.32 Å². The van der Waals surface area contributed by atoms with Crippen molar-refractivity contribution in [3.63, 3.8) is 0 Å². The second-order valence-electron chi connectivity index (χ2n) is 9.26. The quantitative estimate of drug-likeness (QED) is 0.416. The van der Waals surface area contributed by atoms with Crippen molar-refractivity contribution in [1.29, 1.82) is 0 Å². The van der Waals surface area contributed by atoms with E-state index in [2.05, 4.69) is 10.2 Å². The van der Waals surface area contributed by atoms with Gasteiger partial charge in [-0.05, 0) is 28.8 Å². The highest BCUT2D eigenvalue weighted by atomic mass is 35.5. The van der Waals surface area contributed by atoms with E-state index in [1.165, 1.54) is 0 Å². The van der Waals surface area contributed by atoms with Crippen LogP contribution in [-0.4, -0.2) is 67.0 Å². The van der Waals surface area contributed by atoms with Crippen LogP contribution in [-0.2, 0) is 33.7 Å². The normalized spacial score (nSPS) is 14.6. The number of halogens is 1. The summed E-state index contributed by atoms with van der Waals surface area (Å²) in [7, 11) is 0. The molecule has 1 fully saturated rings. The SMILES string of the molecule is O=C(NCCN1CCOCC1)C(Cc1ccccc1)N(Cc1ccccc1)C(=O)Cc1ccc(Cl)cc1. The molecule has 0 saturated carbocycles. The van der Waals surface area contributed by atoms with Crippen LogP contribution in [0.2, 0.25) is 5.02 Å². The van der Waals surface area contributed by atoms with Gasteiger partial charge < -0.3 is 15.0 Å². The maximum absolute atomic E-state index is 13.7. The molecule has 2 amide bonds.